The van der Waals surface area contributed by atoms with Gasteiger partial charge in [0.1, 0.15) is 5.82 Å². The molecule has 2 atom stereocenters. The lowest BCUT2D eigenvalue weighted by Gasteiger charge is -2.27. The predicted octanol–water partition coefficient (Wildman–Crippen LogP) is 1.41. The molecule has 1 aromatic carbocycles. The van der Waals surface area contributed by atoms with Crippen molar-refractivity contribution in [3.63, 3.8) is 0 Å². The summed E-state index contributed by atoms with van der Waals surface area (Å²) in [4.78, 5) is 13.8. The number of nitrogen functional groups attached to an aromatic ring is 1. The number of nitrogens with two attached hydrogens (primary N) is 1. The van der Waals surface area contributed by atoms with E-state index in [1.54, 1.807) is 6.07 Å². The van der Waals surface area contributed by atoms with Crippen molar-refractivity contribution in [2.45, 2.75) is 31.8 Å². The van der Waals surface area contributed by atoms with Crippen LogP contribution in [-0.2, 0) is 6.54 Å². The maximum Gasteiger partial charge on any atom is 0.265 e. The first kappa shape index (κ1) is 12.6. The van der Waals surface area contributed by atoms with Gasteiger partial charge in [-0.25, -0.2) is 10.2 Å². The average Bonchev–Trinajstić information content (AvgIpc) is 3.02. The summed E-state index contributed by atoms with van der Waals surface area (Å²) < 4.78 is 13.8. The molecule has 1 saturated heterocycles. The normalized spacial score (nSPS) is 25.8. The third-order valence-corrected chi connectivity index (χ3v) is 4.34. The van der Waals surface area contributed by atoms with E-state index in [0.29, 0.717) is 23.7 Å². The lowest BCUT2D eigenvalue weighted by Crippen LogP contribution is -2.32. The minimum atomic E-state index is -0.385. The van der Waals surface area contributed by atoms with Gasteiger partial charge in [-0.1, -0.05) is 0 Å². The quantitative estimate of drug-likeness (QED) is 0.492. The molecular weight excluding hydrogens is 245 g/mol. The van der Waals surface area contributed by atoms with Crippen molar-refractivity contribution in [2.75, 3.05) is 6.54 Å². The monoisotopic (exact) mass is 263 g/mol. The van der Waals surface area contributed by atoms with E-state index in [9.17, 15) is 9.18 Å². The highest BCUT2D eigenvalue weighted by Crippen LogP contribution is 2.38. The Morgan fingerprint density at radius 3 is 2.95 bits per heavy atom. The Morgan fingerprint density at radius 1 is 1.47 bits per heavy atom. The van der Waals surface area contributed by atoms with Crippen LogP contribution in [0.25, 0.3) is 0 Å². The lowest BCUT2D eigenvalue weighted by atomic mass is 10.1. The van der Waals surface area contributed by atoms with Crippen LogP contribution in [0.15, 0.2) is 18.2 Å². The fourth-order valence-electron chi connectivity index (χ4n) is 3.36. The Morgan fingerprint density at radius 2 is 2.32 bits per heavy atom. The predicted molar refractivity (Wildman–Crippen MR) is 69.6 cm³/mol. The summed E-state index contributed by atoms with van der Waals surface area (Å²) in [5, 5.41) is 0. The van der Waals surface area contributed by atoms with E-state index in [1.165, 1.54) is 31.4 Å². The number of carbonyl (C=O) groups is 1. The van der Waals surface area contributed by atoms with Gasteiger partial charge >= 0.3 is 0 Å². The molecule has 19 heavy (non-hydrogen) atoms. The zero-order valence-corrected chi connectivity index (χ0v) is 10.7. The second-order valence-electron chi connectivity index (χ2n) is 5.54. The van der Waals surface area contributed by atoms with Crippen molar-refractivity contribution in [1.29, 1.82) is 0 Å². The number of benzene rings is 1. The van der Waals surface area contributed by atoms with Gasteiger partial charge in [-0.15, -0.1) is 0 Å². The number of hydrazine groups is 1. The maximum absolute atomic E-state index is 13.8. The summed E-state index contributed by atoms with van der Waals surface area (Å²) in [7, 11) is 0. The van der Waals surface area contributed by atoms with Crippen molar-refractivity contribution in [2.24, 2.45) is 11.8 Å². The van der Waals surface area contributed by atoms with E-state index in [2.05, 4.69) is 10.3 Å². The van der Waals surface area contributed by atoms with Gasteiger partial charge in [0.25, 0.3) is 5.91 Å². The number of nitrogens with zero attached hydrogens (tertiary/aromatic N) is 1. The zero-order valence-electron chi connectivity index (χ0n) is 10.7. The van der Waals surface area contributed by atoms with E-state index in [4.69, 9.17) is 5.84 Å². The Bertz CT molecular complexity index is 505. The summed E-state index contributed by atoms with van der Waals surface area (Å²) in [5.41, 5.74) is 3.06. The molecule has 3 rings (SSSR count). The van der Waals surface area contributed by atoms with Crippen molar-refractivity contribution < 1.29 is 9.18 Å². The fourth-order valence-corrected chi connectivity index (χ4v) is 3.36. The van der Waals surface area contributed by atoms with Crippen molar-refractivity contribution in [3.05, 3.63) is 35.1 Å². The van der Waals surface area contributed by atoms with Gasteiger partial charge in [-0.05, 0) is 43.4 Å². The minimum absolute atomic E-state index is 0.253. The second-order valence-corrected chi connectivity index (χ2v) is 5.54. The summed E-state index contributed by atoms with van der Waals surface area (Å²) in [6.45, 7) is 1.64. The van der Waals surface area contributed by atoms with Gasteiger partial charge in [-0.2, -0.15) is 0 Å². The first-order valence-electron chi connectivity index (χ1n) is 6.71. The average molecular weight is 263 g/mol. The molecule has 1 saturated carbocycles. The van der Waals surface area contributed by atoms with Crippen LogP contribution in [0.2, 0.25) is 0 Å². The molecular formula is C14H18FN3O. The molecule has 4 nitrogen and oxygen atoms in total. The van der Waals surface area contributed by atoms with Gasteiger partial charge < -0.3 is 0 Å². The van der Waals surface area contributed by atoms with Crippen LogP contribution in [0.3, 0.4) is 0 Å². The fraction of sp³-hybridized carbons (Fsp3) is 0.500. The molecule has 2 unspecified atom stereocenters. The minimum Gasteiger partial charge on any atom is -0.296 e. The molecule has 5 heteroatoms. The summed E-state index contributed by atoms with van der Waals surface area (Å²) in [5.74, 6) is 5.24. The second kappa shape index (κ2) is 4.90. The number of fused-ring (bicyclic) bond motifs is 2. The summed E-state index contributed by atoms with van der Waals surface area (Å²) in [6.07, 6.45) is 3.76. The topological polar surface area (TPSA) is 58.4 Å². The summed E-state index contributed by atoms with van der Waals surface area (Å²) >= 11 is 0. The number of amides is 1. The highest BCUT2D eigenvalue weighted by atomic mass is 19.1. The number of carbonyl (C=O) groups excluding carboxylic acids is 1. The Hall–Kier alpha value is -1.46. The van der Waals surface area contributed by atoms with E-state index < -0.39 is 0 Å². The number of hydrogen-bond acceptors (Lipinski definition) is 3. The van der Waals surface area contributed by atoms with Crippen LogP contribution in [-0.4, -0.2) is 23.4 Å². The first-order valence-corrected chi connectivity index (χ1v) is 6.71. The highest BCUT2D eigenvalue weighted by molar-refractivity contribution is 5.93. The third-order valence-electron chi connectivity index (χ3n) is 4.34. The number of rotatable bonds is 3. The van der Waals surface area contributed by atoms with Gasteiger partial charge in [-0.3, -0.25) is 15.1 Å². The summed E-state index contributed by atoms with van der Waals surface area (Å²) in [6, 6.07) is 4.99. The molecule has 3 N–H and O–H groups in total. The van der Waals surface area contributed by atoms with Crippen LogP contribution in [0.1, 0.15) is 35.2 Å². The first-order chi connectivity index (χ1) is 9.17. The van der Waals surface area contributed by atoms with Crippen LogP contribution in [0, 0.1) is 11.7 Å². The molecule has 0 spiro atoms. The van der Waals surface area contributed by atoms with Crippen LogP contribution in [0.4, 0.5) is 4.39 Å². The maximum atomic E-state index is 13.8. The van der Waals surface area contributed by atoms with Crippen LogP contribution in [0.5, 0.6) is 0 Å². The van der Waals surface area contributed by atoms with Gasteiger partial charge in [0.15, 0.2) is 0 Å². The van der Waals surface area contributed by atoms with Gasteiger partial charge in [0.05, 0.1) is 0 Å². The van der Waals surface area contributed by atoms with E-state index in [-0.39, 0.29) is 11.7 Å². The number of hydrogen-bond donors (Lipinski definition) is 2. The third kappa shape index (κ3) is 2.35. The van der Waals surface area contributed by atoms with Crippen molar-refractivity contribution in [1.82, 2.24) is 10.3 Å². The molecule has 1 heterocycles. The SMILES string of the molecule is NNC(=O)c1ccc(F)c(CN2CC3CCC2C3)c1. The van der Waals surface area contributed by atoms with Gasteiger partial charge in [0, 0.05) is 30.3 Å². The Kier molecular flexibility index (Phi) is 3.24. The number of piperidine rings is 1. The van der Waals surface area contributed by atoms with E-state index in [0.717, 1.165) is 12.5 Å². The van der Waals surface area contributed by atoms with Crippen molar-refractivity contribution in [3.8, 4) is 0 Å². The molecule has 2 bridgehead atoms. The molecule has 1 aliphatic carbocycles. The van der Waals surface area contributed by atoms with Gasteiger partial charge in [0.2, 0.25) is 0 Å². The van der Waals surface area contributed by atoms with Crippen molar-refractivity contribution >= 4 is 5.91 Å². The standard InChI is InChI=1S/C14H18FN3O/c15-13-4-2-10(14(19)17-16)6-11(13)8-18-7-9-1-3-12(18)5-9/h2,4,6,9,12H,1,3,5,7-8,16H2,(H,17,19). The molecule has 1 aromatic rings. The number of halogens is 1. The number of likely N-dealkylation sites (tertiary alicyclic amines) is 1. The molecule has 2 fully saturated rings. The van der Waals surface area contributed by atoms with Crippen LogP contribution >= 0.6 is 0 Å². The van der Waals surface area contributed by atoms with Crippen LogP contribution < -0.4 is 11.3 Å². The highest BCUT2D eigenvalue weighted by Gasteiger charge is 2.37. The smallest absolute Gasteiger partial charge is 0.265 e. The molecule has 102 valence electrons. The molecule has 2 aliphatic rings. The number of nitrogens with one attached hydrogen (secondary N) is 1. The lowest BCUT2D eigenvalue weighted by molar-refractivity contribution is 0.0953. The molecule has 1 amide bonds. The molecule has 0 radical (unpaired) electrons. The molecule has 0 aromatic heterocycles. The van der Waals surface area contributed by atoms with E-state index >= 15 is 0 Å². The zero-order chi connectivity index (χ0) is 13.4. The Balaban J connectivity index is 1.78. The van der Waals surface area contributed by atoms with E-state index in [1.807, 2.05) is 0 Å². The molecule has 1 aliphatic heterocycles. The largest absolute Gasteiger partial charge is 0.296 e. The Labute approximate surface area is 111 Å².